The molecule has 3 nitrogen and oxygen atoms in total. The zero-order chi connectivity index (χ0) is 10.7. The van der Waals surface area contributed by atoms with E-state index in [-0.39, 0.29) is 0 Å². The Morgan fingerprint density at radius 3 is 2.79 bits per heavy atom. The molecule has 0 radical (unpaired) electrons. The van der Waals surface area contributed by atoms with Crippen LogP contribution in [0.5, 0.6) is 0 Å². The molecule has 0 fully saturated rings. The molecular formula is C10H14BrN3. The van der Waals surface area contributed by atoms with Gasteiger partial charge in [-0.05, 0) is 29.5 Å². The second kappa shape index (κ2) is 4.46. The average molecular weight is 256 g/mol. The third-order valence-electron chi connectivity index (χ3n) is 2.03. The maximum atomic E-state index is 5.83. The van der Waals surface area contributed by atoms with Crippen LogP contribution in [0.25, 0.3) is 6.08 Å². The number of hydrogen-bond donors (Lipinski definition) is 2. The number of rotatable bonds is 2. The molecule has 0 aromatic carbocycles. The third-order valence-corrected chi connectivity index (χ3v) is 2.82. The molecule has 1 rings (SSSR count). The Balaban J connectivity index is 3.26. The molecule has 0 saturated heterocycles. The number of nitrogens with two attached hydrogens (primary N) is 2. The van der Waals surface area contributed by atoms with Gasteiger partial charge in [-0.1, -0.05) is 22.9 Å². The maximum absolute atomic E-state index is 5.83. The molecule has 1 heterocycles. The second-order valence-electron chi connectivity index (χ2n) is 3.10. The zero-order valence-electron chi connectivity index (χ0n) is 8.34. The molecule has 0 aliphatic heterocycles. The van der Waals surface area contributed by atoms with Gasteiger partial charge in [0, 0.05) is 11.8 Å². The van der Waals surface area contributed by atoms with Crippen LogP contribution in [0.3, 0.4) is 0 Å². The first-order valence-corrected chi connectivity index (χ1v) is 5.22. The fourth-order valence-corrected chi connectivity index (χ4v) is 1.34. The van der Waals surface area contributed by atoms with Crippen LogP contribution < -0.4 is 11.5 Å². The van der Waals surface area contributed by atoms with E-state index in [0.717, 1.165) is 22.0 Å². The van der Waals surface area contributed by atoms with Gasteiger partial charge in [0.15, 0.2) is 0 Å². The van der Waals surface area contributed by atoms with Crippen molar-refractivity contribution in [2.45, 2.75) is 20.3 Å². The lowest BCUT2D eigenvalue weighted by Gasteiger charge is -2.07. The van der Waals surface area contributed by atoms with Crippen LogP contribution in [0.15, 0.2) is 10.7 Å². The molecule has 0 aliphatic carbocycles. The first-order chi connectivity index (χ1) is 6.56. The number of pyridine rings is 1. The van der Waals surface area contributed by atoms with Crippen molar-refractivity contribution in [3.8, 4) is 0 Å². The van der Waals surface area contributed by atoms with Crippen LogP contribution in [0.4, 0.5) is 11.5 Å². The molecule has 4 heteroatoms. The summed E-state index contributed by atoms with van der Waals surface area (Å²) in [5.74, 6) is 0.387. The van der Waals surface area contributed by atoms with Crippen LogP contribution >= 0.6 is 15.9 Å². The predicted molar refractivity (Wildman–Crippen MR) is 65.0 cm³/mol. The lowest BCUT2D eigenvalue weighted by atomic mass is 10.1. The number of aromatic nitrogens is 1. The van der Waals surface area contributed by atoms with E-state index in [1.165, 1.54) is 0 Å². The molecule has 0 amide bonds. The molecule has 1 aromatic heterocycles. The Labute approximate surface area is 92.3 Å². The van der Waals surface area contributed by atoms with E-state index in [9.17, 15) is 0 Å². The molecule has 0 atom stereocenters. The van der Waals surface area contributed by atoms with Gasteiger partial charge in [-0.2, -0.15) is 0 Å². The summed E-state index contributed by atoms with van der Waals surface area (Å²) in [4.78, 5) is 3.98. The van der Waals surface area contributed by atoms with Crippen molar-refractivity contribution in [1.82, 2.24) is 4.98 Å². The summed E-state index contributed by atoms with van der Waals surface area (Å²) in [5.41, 5.74) is 14.0. The van der Waals surface area contributed by atoms with E-state index in [2.05, 4.69) is 27.8 Å². The largest absolute Gasteiger partial charge is 0.395 e. The van der Waals surface area contributed by atoms with Gasteiger partial charge >= 0.3 is 0 Å². The van der Waals surface area contributed by atoms with Crippen molar-refractivity contribution in [1.29, 1.82) is 0 Å². The summed E-state index contributed by atoms with van der Waals surface area (Å²) >= 11 is 3.45. The number of nitrogen functional groups attached to an aromatic ring is 2. The minimum absolute atomic E-state index is 0.387. The Hall–Kier alpha value is -1.03. The Bertz CT molecular complexity index is 372. The highest BCUT2D eigenvalue weighted by Crippen LogP contribution is 2.25. The monoisotopic (exact) mass is 255 g/mol. The van der Waals surface area contributed by atoms with Gasteiger partial charge in [0.2, 0.25) is 0 Å². The maximum Gasteiger partial charge on any atom is 0.147 e. The molecule has 0 spiro atoms. The second-order valence-corrected chi connectivity index (χ2v) is 4.12. The molecule has 0 saturated carbocycles. The Morgan fingerprint density at radius 2 is 2.21 bits per heavy atom. The molecule has 0 unspecified atom stereocenters. The van der Waals surface area contributed by atoms with Gasteiger partial charge in [0.25, 0.3) is 0 Å². The van der Waals surface area contributed by atoms with E-state index < -0.39 is 0 Å². The van der Waals surface area contributed by atoms with Crippen molar-refractivity contribution in [2.75, 3.05) is 11.5 Å². The first-order valence-electron chi connectivity index (χ1n) is 4.42. The summed E-state index contributed by atoms with van der Waals surface area (Å²) in [5, 5.41) is 0. The minimum Gasteiger partial charge on any atom is -0.395 e. The molecule has 76 valence electrons. The SMILES string of the molecule is CC/C(Br)=C\c1c(C)cnc(N)c1N. The van der Waals surface area contributed by atoms with Crippen LogP contribution in [-0.4, -0.2) is 4.98 Å². The third kappa shape index (κ3) is 2.26. The minimum atomic E-state index is 0.387. The standard InChI is InChI=1S/C10H14BrN3/c1-3-7(11)4-8-6(2)5-14-10(13)9(8)12/h4-5H,3,12H2,1-2H3,(H2,13,14)/b7-4+. The van der Waals surface area contributed by atoms with Gasteiger partial charge in [0.05, 0.1) is 5.69 Å². The fourth-order valence-electron chi connectivity index (χ4n) is 1.11. The zero-order valence-corrected chi connectivity index (χ0v) is 9.93. The number of anilines is 2. The highest BCUT2D eigenvalue weighted by molar-refractivity contribution is 9.11. The van der Waals surface area contributed by atoms with Gasteiger partial charge in [-0.15, -0.1) is 0 Å². The number of aryl methyl sites for hydroxylation is 1. The molecule has 4 N–H and O–H groups in total. The normalized spacial score (nSPS) is 11.8. The summed E-state index contributed by atoms with van der Waals surface area (Å²) in [6.45, 7) is 4.03. The lowest BCUT2D eigenvalue weighted by Crippen LogP contribution is -2.01. The van der Waals surface area contributed by atoms with Crippen LogP contribution in [0.2, 0.25) is 0 Å². The molecule has 1 aromatic rings. The van der Waals surface area contributed by atoms with Crippen molar-refractivity contribution in [3.05, 3.63) is 21.8 Å². The van der Waals surface area contributed by atoms with Crippen LogP contribution in [0, 0.1) is 6.92 Å². The van der Waals surface area contributed by atoms with Crippen molar-refractivity contribution < 1.29 is 0 Å². The summed E-state index contributed by atoms with van der Waals surface area (Å²) in [7, 11) is 0. The highest BCUT2D eigenvalue weighted by atomic mass is 79.9. The number of hydrogen-bond acceptors (Lipinski definition) is 3. The van der Waals surface area contributed by atoms with Gasteiger partial charge in [-0.25, -0.2) is 4.98 Å². The molecular weight excluding hydrogens is 242 g/mol. The topological polar surface area (TPSA) is 64.9 Å². The first kappa shape index (κ1) is 11.0. The van der Waals surface area contributed by atoms with E-state index in [1.54, 1.807) is 6.20 Å². The Morgan fingerprint density at radius 1 is 1.57 bits per heavy atom. The lowest BCUT2D eigenvalue weighted by molar-refractivity contribution is 1.21. The van der Waals surface area contributed by atoms with E-state index in [0.29, 0.717) is 11.5 Å². The molecule has 0 bridgehead atoms. The average Bonchev–Trinajstić information content (AvgIpc) is 2.18. The summed E-state index contributed by atoms with van der Waals surface area (Å²) in [6.07, 6.45) is 4.65. The van der Waals surface area contributed by atoms with Crippen molar-refractivity contribution in [3.63, 3.8) is 0 Å². The van der Waals surface area contributed by atoms with Crippen LogP contribution in [0.1, 0.15) is 24.5 Å². The molecule has 14 heavy (non-hydrogen) atoms. The van der Waals surface area contributed by atoms with E-state index >= 15 is 0 Å². The highest BCUT2D eigenvalue weighted by Gasteiger charge is 2.05. The van der Waals surface area contributed by atoms with Gasteiger partial charge in [0.1, 0.15) is 5.82 Å². The van der Waals surface area contributed by atoms with E-state index in [1.807, 2.05) is 13.0 Å². The van der Waals surface area contributed by atoms with E-state index in [4.69, 9.17) is 11.5 Å². The van der Waals surface area contributed by atoms with Crippen LogP contribution in [-0.2, 0) is 0 Å². The summed E-state index contributed by atoms with van der Waals surface area (Å²) < 4.78 is 1.10. The number of nitrogens with zero attached hydrogens (tertiary/aromatic N) is 1. The number of allylic oxidation sites excluding steroid dienone is 1. The fraction of sp³-hybridized carbons (Fsp3) is 0.300. The smallest absolute Gasteiger partial charge is 0.147 e. The number of halogens is 1. The van der Waals surface area contributed by atoms with Crippen molar-refractivity contribution in [2.24, 2.45) is 0 Å². The van der Waals surface area contributed by atoms with Gasteiger partial charge < -0.3 is 11.5 Å². The molecule has 0 aliphatic rings. The Kier molecular flexibility index (Phi) is 3.52. The summed E-state index contributed by atoms with van der Waals surface area (Å²) in [6, 6.07) is 0. The quantitative estimate of drug-likeness (QED) is 0.854. The van der Waals surface area contributed by atoms with Crippen molar-refractivity contribution >= 4 is 33.5 Å². The van der Waals surface area contributed by atoms with Gasteiger partial charge in [-0.3, -0.25) is 0 Å². The predicted octanol–water partition coefficient (Wildman–Crippen LogP) is 2.70.